The molecule has 5 nitrogen and oxygen atoms in total. The van der Waals surface area contributed by atoms with Crippen molar-refractivity contribution in [2.45, 2.75) is 32.7 Å². The predicted molar refractivity (Wildman–Crippen MR) is 102 cm³/mol. The van der Waals surface area contributed by atoms with Gasteiger partial charge in [0.2, 0.25) is 0 Å². The number of amides is 1. The number of rotatable bonds is 8. The van der Waals surface area contributed by atoms with Crippen LogP contribution in [0.4, 0.5) is 0 Å². The molecule has 2 aromatic rings. The van der Waals surface area contributed by atoms with Crippen LogP contribution in [0.2, 0.25) is 5.02 Å². The number of ketones is 1. The van der Waals surface area contributed by atoms with E-state index in [4.69, 9.17) is 16.3 Å². The number of ether oxygens (including phenoxy) is 1. The molecule has 0 unspecified atom stereocenters. The number of benzene rings is 1. The zero-order chi connectivity index (χ0) is 19.1. The third kappa shape index (κ3) is 6.28. The lowest BCUT2D eigenvalue weighted by atomic mass is 10.1. The van der Waals surface area contributed by atoms with Crippen molar-refractivity contribution in [1.29, 1.82) is 0 Å². The van der Waals surface area contributed by atoms with Crippen LogP contribution in [0.25, 0.3) is 0 Å². The quantitative estimate of drug-likeness (QED) is 0.541. The van der Waals surface area contributed by atoms with Gasteiger partial charge in [-0.15, -0.1) is 11.3 Å². The molecular formula is C19H20ClNO4S. The molecule has 0 fully saturated rings. The summed E-state index contributed by atoms with van der Waals surface area (Å²) in [5, 5.41) is 3.32. The van der Waals surface area contributed by atoms with Crippen molar-refractivity contribution < 1.29 is 19.1 Å². The van der Waals surface area contributed by atoms with Crippen LogP contribution in [0, 0.1) is 6.92 Å². The Balaban J connectivity index is 1.71. The van der Waals surface area contributed by atoms with Gasteiger partial charge in [0.05, 0.1) is 17.3 Å². The van der Waals surface area contributed by atoms with E-state index in [1.54, 1.807) is 24.3 Å². The number of Topliss-reactive ketones (excluding diaryl/α,β-unsaturated/α-hetero) is 1. The molecule has 7 heteroatoms. The van der Waals surface area contributed by atoms with Crippen molar-refractivity contribution in [1.82, 2.24) is 5.32 Å². The predicted octanol–water partition coefficient (Wildman–Crippen LogP) is 4.09. The van der Waals surface area contributed by atoms with Crippen molar-refractivity contribution in [3.05, 3.63) is 56.7 Å². The van der Waals surface area contributed by atoms with E-state index in [2.05, 4.69) is 5.32 Å². The summed E-state index contributed by atoms with van der Waals surface area (Å²) in [4.78, 5) is 37.2. The lowest BCUT2D eigenvalue weighted by Crippen LogP contribution is -2.31. The van der Waals surface area contributed by atoms with Crippen molar-refractivity contribution in [2.75, 3.05) is 6.61 Å². The number of aryl methyl sites for hydroxylation is 1. The van der Waals surface area contributed by atoms with Gasteiger partial charge in [0, 0.05) is 16.3 Å². The summed E-state index contributed by atoms with van der Waals surface area (Å²) in [5.74, 6) is -1.08. The Labute approximate surface area is 161 Å². The zero-order valence-electron chi connectivity index (χ0n) is 14.6. The number of thiophene rings is 1. The zero-order valence-corrected chi connectivity index (χ0v) is 16.2. The number of hydrogen-bond donors (Lipinski definition) is 1. The summed E-state index contributed by atoms with van der Waals surface area (Å²) in [6, 6.07) is 10.5. The van der Waals surface area contributed by atoms with Gasteiger partial charge in [-0.3, -0.25) is 14.4 Å². The number of carbonyl (C=O) groups excluding carboxylic acids is 3. The van der Waals surface area contributed by atoms with Crippen LogP contribution in [-0.4, -0.2) is 24.3 Å². The Morgan fingerprint density at radius 2 is 1.96 bits per heavy atom. The van der Waals surface area contributed by atoms with Gasteiger partial charge in [0.25, 0.3) is 5.91 Å². The third-order valence-electron chi connectivity index (χ3n) is 3.66. The molecule has 2 rings (SSSR count). The van der Waals surface area contributed by atoms with Gasteiger partial charge in [-0.1, -0.05) is 23.7 Å². The summed E-state index contributed by atoms with van der Waals surface area (Å²) in [7, 11) is 0. The molecule has 0 aliphatic carbocycles. The Morgan fingerprint density at radius 1 is 1.19 bits per heavy atom. The van der Waals surface area contributed by atoms with Crippen LogP contribution < -0.4 is 5.32 Å². The average Bonchev–Trinajstić information content (AvgIpc) is 3.04. The molecule has 0 aliphatic heterocycles. The van der Waals surface area contributed by atoms with Gasteiger partial charge in [0.1, 0.15) is 0 Å². The first kappa shape index (κ1) is 20.1. The largest absolute Gasteiger partial charge is 0.456 e. The second kappa shape index (κ2) is 9.50. The molecule has 26 heavy (non-hydrogen) atoms. The Morgan fingerprint density at radius 3 is 2.62 bits per heavy atom. The van der Waals surface area contributed by atoms with Gasteiger partial charge < -0.3 is 10.1 Å². The SMILES string of the molecule is Cc1ccc(C(=O)CCC(=O)OCC(=O)N[C@@H](C)c2cccc(Cl)c2)s1. The molecular weight excluding hydrogens is 374 g/mol. The van der Waals surface area contributed by atoms with Crippen LogP contribution in [0.3, 0.4) is 0 Å². The highest BCUT2D eigenvalue weighted by atomic mass is 35.5. The van der Waals surface area contributed by atoms with E-state index in [9.17, 15) is 14.4 Å². The molecule has 0 bridgehead atoms. The second-order valence-electron chi connectivity index (χ2n) is 5.84. The summed E-state index contributed by atoms with van der Waals surface area (Å²) in [6.07, 6.45) is 0.0201. The van der Waals surface area contributed by atoms with Crippen molar-refractivity contribution >= 4 is 40.6 Å². The molecule has 0 saturated carbocycles. The molecule has 0 radical (unpaired) electrons. The first-order chi connectivity index (χ1) is 12.3. The maximum absolute atomic E-state index is 11.9. The van der Waals surface area contributed by atoms with Gasteiger partial charge in [-0.2, -0.15) is 0 Å². The Kier molecular flexibility index (Phi) is 7.36. The van der Waals surface area contributed by atoms with Gasteiger partial charge >= 0.3 is 5.97 Å². The fourth-order valence-corrected chi connectivity index (χ4v) is 3.32. The van der Waals surface area contributed by atoms with Crippen molar-refractivity contribution in [3.63, 3.8) is 0 Å². The highest BCUT2D eigenvalue weighted by Gasteiger charge is 2.14. The van der Waals surface area contributed by atoms with E-state index in [-0.39, 0.29) is 31.3 Å². The Hall–Kier alpha value is -2.18. The van der Waals surface area contributed by atoms with Crippen LogP contribution in [0.1, 0.15) is 45.9 Å². The maximum Gasteiger partial charge on any atom is 0.306 e. The number of esters is 1. The summed E-state index contributed by atoms with van der Waals surface area (Å²) in [6.45, 7) is 3.35. The Bertz CT molecular complexity index is 802. The van der Waals surface area contributed by atoms with Crippen LogP contribution >= 0.6 is 22.9 Å². The van der Waals surface area contributed by atoms with E-state index in [0.29, 0.717) is 9.90 Å². The minimum Gasteiger partial charge on any atom is -0.456 e. The summed E-state index contributed by atoms with van der Waals surface area (Å²) in [5.41, 5.74) is 0.856. The van der Waals surface area contributed by atoms with E-state index in [1.165, 1.54) is 11.3 Å². The molecule has 0 saturated heterocycles. The molecule has 1 amide bonds. The van der Waals surface area contributed by atoms with E-state index < -0.39 is 11.9 Å². The first-order valence-electron chi connectivity index (χ1n) is 8.15. The lowest BCUT2D eigenvalue weighted by Gasteiger charge is -2.14. The van der Waals surface area contributed by atoms with E-state index in [1.807, 2.05) is 26.0 Å². The molecule has 138 valence electrons. The molecule has 0 aliphatic rings. The van der Waals surface area contributed by atoms with Crippen molar-refractivity contribution in [2.24, 2.45) is 0 Å². The molecule has 0 spiro atoms. The fourth-order valence-electron chi connectivity index (χ4n) is 2.28. The van der Waals surface area contributed by atoms with Gasteiger partial charge in [0.15, 0.2) is 12.4 Å². The molecule has 1 N–H and O–H groups in total. The first-order valence-corrected chi connectivity index (χ1v) is 9.34. The van der Waals surface area contributed by atoms with Gasteiger partial charge in [-0.25, -0.2) is 0 Å². The van der Waals surface area contributed by atoms with Gasteiger partial charge in [-0.05, 0) is 43.7 Å². The summed E-state index contributed by atoms with van der Waals surface area (Å²) >= 11 is 7.32. The van der Waals surface area contributed by atoms with Crippen LogP contribution in [0.15, 0.2) is 36.4 Å². The third-order valence-corrected chi connectivity index (χ3v) is 4.94. The average molecular weight is 394 g/mol. The van der Waals surface area contributed by atoms with E-state index in [0.717, 1.165) is 10.4 Å². The minimum absolute atomic E-state index is 0.0487. The van der Waals surface area contributed by atoms with Crippen LogP contribution in [0.5, 0.6) is 0 Å². The second-order valence-corrected chi connectivity index (χ2v) is 7.56. The number of halogens is 1. The maximum atomic E-state index is 11.9. The smallest absolute Gasteiger partial charge is 0.306 e. The molecule has 1 aromatic heterocycles. The number of carbonyl (C=O) groups is 3. The molecule has 1 heterocycles. The highest BCUT2D eigenvalue weighted by molar-refractivity contribution is 7.14. The standard InChI is InChI=1S/C19H20ClNO4S/c1-12-6-8-17(26-12)16(22)7-9-19(24)25-11-18(23)21-13(2)14-4-3-5-15(20)10-14/h3-6,8,10,13H,7,9,11H2,1-2H3,(H,21,23)/t13-/m0/s1. The van der Waals surface area contributed by atoms with Crippen molar-refractivity contribution in [3.8, 4) is 0 Å². The topological polar surface area (TPSA) is 72.5 Å². The lowest BCUT2D eigenvalue weighted by molar-refractivity contribution is -0.148. The minimum atomic E-state index is -0.572. The number of hydrogen-bond acceptors (Lipinski definition) is 5. The molecule has 1 atom stereocenters. The monoisotopic (exact) mass is 393 g/mol. The highest BCUT2D eigenvalue weighted by Crippen LogP contribution is 2.18. The molecule has 1 aromatic carbocycles. The number of nitrogens with one attached hydrogen (secondary N) is 1. The van der Waals surface area contributed by atoms with Crippen LogP contribution in [-0.2, 0) is 14.3 Å². The normalized spacial score (nSPS) is 11.7. The summed E-state index contributed by atoms with van der Waals surface area (Å²) < 4.78 is 4.93. The van der Waals surface area contributed by atoms with E-state index >= 15 is 0 Å². The fraction of sp³-hybridized carbons (Fsp3) is 0.316.